The molecule has 0 radical (unpaired) electrons. The van der Waals surface area contributed by atoms with Crippen molar-refractivity contribution in [3.8, 4) is 17.1 Å². The van der Waals surface area contributed by atoms with E-state index in [2.05, 4.69) is 9.97 Å². The van der Waals surface area contributed by atoms with Gasteiger partial charge in [-0.1, -0.05) is 18.2 Å². The number of fused-ring (bicyclic) bond motifs is 1. The molecule has 0 atom stereocenters. The van der Waals surface area contributed by atoms with Crippen LogP contribution in [-0.4, -0.2) is 29.2 Å². The fraction of sp³-hybridized carbons (Fsp3) is 0.348. The van der Waals surface area contributed by atoms with Gasteiger partial charge in [-0.2, -0.15) is 13.2 Å². The standard InChI is InChI=1S/C23H23F3N2O4/c1-2-31-21(30)6-4-3-5-11-32-18-10-9-15-12-17(8-7-16(15)13-18)22-27-19(23(24,25)26)14-20(29)28-22/h7-10,12-14H,2-6,11H2,1H3,(H,27,28,29). The molecule has 3 aromatic rings. The molecule has 0 amide bonds. The highest BCUT2D eigenvalue weighted by atomic mass is 19.4. The number of H-pyrrole nitrogens is 1. The van der Waals surface area contributed by atoms with Crippen molar-refractivity contribution in [1.82, 2.24) is 9.97 Å². The number of carbonyl (C=O) groups is 1. The van der Waals surface area contributed by atoms with Crippen LogP contribution < -0.4 is 10.3 Å². The number of carbonyl (C=O) groups excluding carboxylic acids is 1. The number of nitrogens with zero attached hydrogens (tertiary/aromatic N) is 1. The van der Waals surface area contributed by atoms with Crippen molar-refractivity contribution < 1.29 is 27.4 Å². The van der Waals surface area contributed by atoms with Gasteiger partial charge in [0.05, 0.1) is 13.2 Å². The van der Waals surface area contributed by atoms with Crippen LogP contribution in [-0.2, 0) is 15.7 Å². The van der Waals surface area contributed by atoms with Crippen LogP contribution in [0.3, 0.4) is 0 Å². The molecule has 1 heterocycles. The number of hydrogen-bond donors (Lipinski definition) is 1. The van der Waals surface area contributed by atoms with Crippen molar-refractivity contribution in [3.05, 3.63) is 58.5 Å². The Morgan fingerprint density at radius 1 is 1.03 bits per heavy atom. The van der Waals surface area contributed by atoms with Crippen LogP contribution in [0.5, 0.6) is 5.75 Å². The quantitative estimate of drug-likeness (QED) is 0.363. The molecule has 9 heteroatoms. The molecule has 1 N–H and O–H groups in total. The van der Waals surface area contributed by atoms with E-state index in [9.17, 15) is 22.8 Å². The number of hydrogen-bond acceptors (Lipinski definition) is 5. The molecule has 32 heavy (non-hydrogen) atoms. The van der Waals surface area contributed by atoms with Crippen LogP contribution in [0.1, 0.15) is 38.3 Å². The number of esters is 1. The maximum atomic E-state index is 12.9. The largest absolute Gasteiger partial charge is 0.494 e. The van der Waals surface area contributed by atoms with E-state index in [0.717, 1.165) is 30.0 Å². The fourth-order valence-electron chi connectivity index (χ4n) is 3.17. The van der Waals surface area contributed by atoms with Gasteiger partial charge in [-0.3, -0.25) is 9.59 Å². The minimum atomic E-state index is -4.70. The van der Waals surface area contributed by atoms with Gasteiger partial charge in [-0.05, 0) is 55.2 Å². The van der Waals surface area contributed by atoms with Crippen LogP contribution in [0.15, 0.2) is 47.3 Å². The normalized spacial score (nSPS) is 11.5. The first-order chi connectivity index (χ1) is 15.3. The van der Waals surface area contributed by atoms with E-state index >= 15 is 0 Å². The number of aromatic amines is 1. The van der Waals surface area contributed by atoms with Crippen LogP contribution >= 0.6 is 0 Å². The third kappa shape index (κ3) is 6.32. The molecule has 0 aliphatic carbocycles. The van der Waals surface area contributed by atoms with E-state index in [0.29, 0.717) is 37.0 Å². The topological polar surface area (TPSA) is 81.3 Å². The molecular weight excluding hydrogens is 425 g/mol. The van der Waals surface area contributed by atoms with Crippen molar-refractivity contribution in [2.75, 3.05) is 13.2 Å². The predicted octanol–water partition coefficient (Wildman–Crippen LogP) is 5.11. The lowest BCUT2D eigenvalue weighted by Crippen LogP contribution is -2.16. The highest BCUT2D eigenvalue weighted by molar-refractivity contribution is 5.87. The maximum absolute atomic E-state index is 12.9. The Morgan fingerprint density at radius 3 is 2.53 bits per heavy atom. The summed E-state index contributed by atoms with van der Waals surface area (Å²) < 4.78 is 49.5. The van der Waals surface area contributed by atoms with E-state index in [1.165, 1.54) is 0 Å². The third-order valence-corrected chi connectivity index (χ3v) is 4.72. The molecule has 170 valence electrons. The first-order valence-corrected chi connectivity index (χ1v) is 10.3. The molecule has 0 fully saturated rings. The Kier molecular flexibility index (Phi) is 7.50. The van der Waals surface area contributed by atoms with Crippen molar-refractivity contribution in [1.29, 1.82) is 0 Å². The second-order valence-electron chi connectivity index (χ2n) is 7.16. The Balaban J connectivity index is 1.63. The summed E-state index contributed by atoms with van der Waals surface area (Å²) in [6.45, 7) is 2.67. The molecular formula is C23H23F3N2O4. The average molecular weight is 448 g/mol. The molecule has 0 bridgehead atoms. The Hall–Kier alpha value is -3.36. The van der Waals surface area contributed by atoms with Crippen LogP contribution in [0, 0.1) is 0 Å². The lowest BCUT2D eigenvalue weighted by atomic mass is 10.1. The summed E-state index contributed by atoms with van der Waals surface area (Å²) in [6.07, 6.45) is -1.92. The van der Waals surface area contributed by atoms with E-state index in [1.807, 2.05) is 6.07 Å². The summed E-state index contributed by atoms with van der Waals surface area (Å²) in [5.41, 5.74) is -1.73. The number of alkyl halides is 3. The minimum Gasteiger partial charge on any atom is -0.494 e. The van der Waals surface area contributed by atoms with E-state index < -0.39 is 17.4 Å². The fourth-order valence-corrected chi connectivity index (χ4v) is 3.17. The summed E-state index contributed by atoms with van der Waals surface area (Å²) in [5.74, 6) is 0.336. The van der Waals surface area contributed by atoms with Crippen LogP contribution in [0.2, 0.25) is 0 Å². The number of halogens is 3. The first kappa shape index (κ1) is 23.3. The Labute approximate surface area is 182 Å². The van der Waals surface area contributed by atoms with Crippen molar-refractivity contribution in [3.63, 3.8) is 0 Å². The molecule has 0 unspecified atom stereocenters. The number of unbranched alkanes of at least 4 members (excludes halogenated alkanes) is 2. The summed E-state index contributed by atoms with van der Waals surface area (Å²) in [7, 11) is 0. The van der Waals surface area contributed by atoms with E-state index in [-0.39, 0.29) is 11.8 Å². The van der Waals surface area contributed by atoms with E-state index in [1.54, 1.807) is 37.3 Å². The van der Waals surface area contributed by atoms with Gasteiger partial charge >= 0.3 is 12.1 Å². The summed E-state index contributed by atoms with van der Waals surface area (Å²) >= 11 is 0. The van der Waals surface area contributed by atoms with Crippen molar-refractivity contribution in [2.45, 2.75) is 38.8 Å². The molecule has 6 nitrogen and oxygen atoms in total. The second-order valence-corrected chi connectivity index (χ2v) is 7.16. The molecule has 2 aromatic carbocycles. The maximum Gasteiger partial charge on any atom is 0.433 e. The van der Waals surface area contributed by atoms with Gasteiger partial charge in [-0.25, -0.2) is 4.98 Å². The van der Waals surface area contributed by atoms with Gasteiger partial charge in [0.15, 0.2) is 5.69 Å². The van der Waals surface area contributed by atoms with Gasteiger partial charge in [0, 0.05) is 18.1 Å². The highest BCUT2D eigenvalue weighted by Gasteiger charge is 2.33. The molecule has 1 aromatic heterocycles. The Bertz CT molecular complexity index is 1140. The average Bonchev–Trinajstić information content (AvgIpc) is 2.75. The van der Waals surface area contributed by atoms with Gasteiger partial charge in [0.2, 0.25) is 0 Å². The predicted molar refractivity (Wildman–Crippen MR) is 113 cm³/mol. The number of ether oxygens (including phenoxy) is 2. The second kappa shape index (κ2) is 10.3. The molecule has 0 saturated heterocycles. The monoisotopic (exact) mass is 448 g/mol. The number of benzene rings is 2. The zero-order chi connectivity index (χ0) is 23.1. The van der Waals surface area contributed by atoms with Crippen molar-refractivity contribution >= 4 is 16.7 Å². The first-order valence-electron chi connectivity index (χ1n) is 10.3. The van der Waals surface area contributed by atoms with Gasteiger partial charge < -0.3 is 14.5 Å². The number of rotatable bonds is 9. The van der Waals surface area contributed by atoms with Crippen molar-refractivity contribution in [2.24, 2.45) is 0 Å². The molecule has 3 rings (SSSR count). The number of nitrogens with one attached hydrogen (secondary N) is 1. The van der Waals surface area contributed by atoms with Gasteiger partial charge in [0.1, 0.15) is 11.6 Å². The summed E-state index contributed by atoms with van der Waals surface area (Å²) in [6, 6.07) is 10.8. The lowest BCUT2D eigenvalue weighted by Gasteiger charge is -2.10. The zero-order valence-electron chi connectivity index (χ0n) is 17.5. The van der Waals surface area contributed by atoms with Gasteiger partial charge in [-0.15, -0.1) is 0 Å². The lowest BCUT2D eigenvalue weighted by molar-refractivity contribution is -0.143. The van der Waals surface area contributed by atoms with Crippen LogP contribution in [0.25, 0.3) is 22.2 Å². The smallest absolute Gasteiger partial charge is 0.433 e. The molecule has 0 spiro atoms. The molecule has 0 saturated carbocycles. The highest BCUT2D eigenvalue weighted by Crippen LogP contribution is 2.29. The summed E-state index contributed by atoms with van der Waals surface area (Å²) in [4.78, 5) is 28.8. The van der Waals surface area contributed by atoms with Crippen LogP contribution in [0.4, 0.5) is 13.2 Å². The third-order valence-electron chi connectivity index (χ3n) is 4.72. The Morgan fingerprint density at radius 2 is 1.78 bits per heavy atom. The molecule has 0 aliphatic rings. The van der Waals surface area contributed by atoms with E-state index in [4.69, 9.17) is 9.47 Å². The molecule has 0 aliphatic heterocycles. The zero-order valence-corrected chi connectivity index (χ0v) is 17.5. The number of aromatic nitrogens is 2. The SMILES string of the molecule is CCOC(=O)CCCCCOc1ccc2cc(-c3nc(C(F)(F)F)cc(=O)[nH]3)ccc2c1. The minimum absolute atomic E-state index is 0.144. The summed E-state index contributed by atoms with van der Waals surface area (Å²) in [5, 5.41) is 1.60. The van der Waals surface area contributed by atoms with Gasteiger partial charge in [0.25, 0.3) is 5.56 Å².